The van der Waals surface area contributed by atoms with E-state index in [2.05, 4.69) is 11.4 Å². The minimum Gasteiger partial charge on any atom is -0.382 e. The van der Waals surface area contributed by atoms with Gasteiger partial charge in [0.15, 0.2) is 0 Å². The number of hydrogen-bond donors (Lipinski definition) is 1. The molecule has 0 bridgehead atoms. The Labute approximate surface area is 147 Å². The Balaban J connectivity index is 1.65. The third-order valence-electron chi connectivity index (χ3n) is 4.30. The van der Waals surface area contributed by atoms with Crippen LogP contribution in [0, 0.1) is 0 Å². The SMILES string of the molecule is CCOCCCNC(=O)N1CCCCC1c1nc2ccccc2s1. The number of nitrogens with one attached hydrogen (secondary N) is 1. The third-order valence-corrected chi connectivity index (χ3v) is 5.44. The van der Waals surface area contributed by atoms with Crippen molar-refractivity contribution < 1.29 is 9.53 Å². The lowest BCUT2D eigenvalue weighted by Gasteiger charge is -2.34. The van der Waals surface area contributed by atoms with Crippen LogP contribution in [0.15, 0.2) is 24.3 Å². The molecule has 2 aromatic rings. The molecule has 1 atom stereocenters. The first kappa shape index (κ1) is 17.2. The molecule has 1 aliphatic heterocycles. The van der Waals surface area contributed by atoms with Gasteiger partial charge in [0.1, 0.15) is 5.01 Å². The number of fused-ring (bicyclic) bond motifs is 1. The molecular weight excluding hydrogens is 322 g/mol. The van der Waals surface area contributed by atoms with Gasteiger partial charge >= 0.3 is 6.03 Å². The summed E-state index contributed by atoms with van der Waals surface area (Å²) in [7, 11) is 0. The molecule has 2 heterocycles. The van der Waals surface area contributed by atoms with E-state index in [4.69, 9.17) is 9.72 Å². The van der Waals surface area contributed by atoms with Crippen molar-refractivity contribution in [2.24, 2.45) is 0 Å². The summed E-state index contributed by atoms with van der Waals surface area (Å²) in [6, 6.07) is 8.30. The van der Waals surface area contributed by atoms with Crippen LogP contribution in [0.5, 0.6) is 0 Å². The van der Waals surface area contributed by atoms with Crippen molar-refractivity contribution in [3.8, 4) is 0 Å². The highest BCUT2D eigenvalue weighted by molar-refractivity contribution is 7.18. The molecule has 1 aromatic heterocycles. The van der Waals surface area contributed by atoms with Crippen LogP contribution in [-0.2, 0) is 4.74 Å². The van der Waals surface area contributed by atoms with Gasteiger partial charge in [-0.15, -0.1) is 11.3 Å². The van der Waals surface area contributed by atoms with Crippen LogP contribution in [0.1, 0.15) is 43.7 Å². The number of thiazole rings is 1. The number of para-hydroxylation sites is 1. The summed E-state index contributed by atoms with van der Waals surface area (Å²) in [5.74, 6) is 0. The first-order valence-corrected chi connectivity index (χ1v) is 9.59. The van der Waals surface area contributed by atoms with Gasteiger partial charge in [-0.05, 0) is 44.7 Å². The molecule has 130 valence electrons. The molecule has 1 saturated heterocycles. The number of amides is 2. The Morgan fingerprint density at radius 2 is 2.29 bits per heavy atom. The zero-order valence-electron chi connectivity index (χ0n) is 14.2. The van der Waals surface area contributed by atoms with Crippen LogP contribution in [0.2, 0.25) is 0 Å². The van der Waals surface area contributed by atoms with E-state index in [0.717, 1.165) is 49.4 Å². The number of likely N-dealkylation sites (tertiary alicyclic amines) is 1. The second-order valence-corrected chi connectivity index (χ2v) is 7.07. The lowest BCUT2D eigenvalue weighted by atomic mass is 10.0. The van der Waals surface area contributed by atoms with Crippen molar-refractivity contribution in [2.45, 2.75) is 38.6 Å². The Bertz CT molecular complexity index is 640. The normalized spacial score (nSPS) is 18.0. The van der Waals surface area contributed by atoms with Gasteiger partial charge in [-0.1, -0.05) is 12.1 Å². The van der Waals surface area contributed by atoms with Gasteiger partial charge in [-0.3, -0.25) is 0 Å². The predicted molar refractivity (Wildman–Crippen MR) is 97.4 cm³/mol. The van der Waals surface area contributed by atoms with Crippen LogP contribution >= 0.6 is 11.3 Å². The monoisotopic (exact) mass is 347 g/mol. The summed E-state index contributed by atoms with van der Waals surface area (Å²) in [6.45, 7) is 4.85. The maximum atomic E-state index is 12.6. The van der Waals surface area contributed by atoms with Crippen molar-refractivity contribution in [1.29, 1.82) is 0 Å². The fourth-order valence-electron chi connectivity index (χ4n) is 3.08. The minimum absolute atomic E-state index is 0.0236. The van der Waals surface area contributed by atoms with Crippen LogP contribution < -0.4 is 5.32 Å². The number of urea groups is 1. The molecule has 1 aliphatic rings. The maximum Gasteiger partial charge on any atom is 0.317 e. The Morgan fingerprint density at radius 3 is 3.12 bits per heavy atom. The summed E-state index contributed by atoms with van der Waals surface area (Å²) in [5, 5.41) is 4.08. The van der Waals surface area contributed by atoms with Crippen molar-refractivity contribution in [1.82, 2.24) is 15.2 Å². The highest BCUT2D eigenvalue weighted by atomic mass is 32.1. The second kappa shape index (κ2) is 8.44. The number of aromatic nitrogens is 1. The fraction of sp³-hybridized carbons (Fsp3) is 0.556. The minimum atomic E-state index is 0.0236. The zero-order chi connectivity index (χ0) is 16.8. The molecule has 6 heteroatoms. The number of carbonyl (C=O) groups excluding carboxylic acids is 1. The number of benzene rings is 1. The van der Waals surface area contributed by atoms with Gasteiger partial charge in [-0.25, -0.2) is 9.78 Å². The van der Waals surface area contributed by atoms with Gasteiger partial charge < -0.3 is 15.0 Å². The molecule has 2 amide bonds. The summed E-state index contributed by atoms with van der Waals surface area (Å²) in [5.41, 5.74) is 1.03. The van der Waals surface area contributed by atoms with E-state index >= 15 is 0 Å². The van der Waals surface area contributed by atoms with Crippen molar-refractivity contribution in [2.75, 3.05) is 26.3 Å². The number of piperidine rings is 1. The van der Waals surface area contributed by atoms with Gasteiger partial charge in [0.2, 0.25) is 0 Å². The highest BCUT2D eigenvalue weighted by Crippen LogP contribution is 2.35. The van der Waals surface area contributed by atoms with Crippen molar-refractivity contribution in [3.63, 3.8) is 0 Å². The third kappa shape index (κ3) is 4.05. The van der Waals surface area contributed by atoms with E-state index in [1.54, 1.807) is 11.3 Å². The van der Waals surface area contributed by atoms with Crippen LogP contribution in [0.25, 0.3) is 10.2 Å². The largest absolute Gasteiger partial charge is 0.382 e. The smallest absolute Gasteiger partial charge is 0.317 e. The molecule has 0 radical (unpaired) electrons. The maximum absolute atomic E-state index is 12.6. The fourth-order valence-corrected chi connectivity index (χ4v) is 4.19. The number of rotatable bonds is 6. The number of hydrogen-bond acceptors (Lipinski definition) is 4. The molecule has 5 nitrogen and oxygen atoms in total. The first-order valence-electron chi connectivity index (χ1n) is 8.77. The standard InChI is InChI=1S/C18H25N3O2S/c1-2-23-13-7-11-19-18(22)21-12-6-5-9-15(21)17-20-14-8-3-4-10-16(14)24-17/h3-4,8,10,15H,2,5-7,9,11-13H2,1H3,(H,19,22). The number of ether oxygens (including phenoxy) is 1. The summed E-state index contributed by atoms with van der Waals surface area (Å²) < 4.78 is 6.50. The van der Waals surface area contributed by atoms with E-state index < -0.39 is 0 Å². The zero-order valence-corrected chi connectivity index (χ0v) is 15.0. The summed E-state index contributed by atoms with van der Waals surface area (Å²) >= 11 is 1.71. The number of carbonyl (C=O) groups is 1. The average Bonchev–Trinajstić information content (AvgIpc) is 3.05. The molecule has 1 fully saturated rings. The Morgan fingerprint density at radius 1 is 1.42 bits per heavy atom. The van der Waals surface area contributed by atoms with Gasteiger partial charge in [0.05, 0.1) is 16.3 Å². The van der Waals surface area contributed by atoms with E-state index in [9.17, 15) is 4.79 Å². The first-order chi connectivity index (χ1) is 11.8. The quantitative estimate of drug-likeness (QED) is 0.805. The average molecular weight is 347 g/mol. The van der Waals surface area contributed by atoms with Gasteiger partial charge in [-0.2, -0.15) is 0 Å². The summed E-state index contributed by atoms with van der Waals surface area (Å²) in [4.78, 5) is 19.3. The second-order valence-electron chi connectivity index (χ2n) is 6.01. The van der Waals surface area contributed by atoms with Crippen LogP contribution in [0.4, 0.5) is 4.79 Å². The van der Waals surface area contributed by atoms with Crippen molar-refractivity contribution >= 4 is 27.6 Å². The summed E-state index contributed by atoms with van der Waals surface area (Å²) in [6.07, 6.45) is 4.05. The predicted octanol–water partition coefficient (Wildman–Crippen LogP) is 3.96. The van der Waals surface area contributed by atoms with Gasteiger partial charge in [0, 0.05) is 26.3 Å². The lowest BCUT2D eigenvalue weighted by Crippen LogP contribution is -2.45. The van der Waals surface area contributed by atoms with E-state index in [-0.39, 0.29) is 12.1 Å². The van der Waals surface area contributed by atoms with Gasteiger partial charge in [0.25, 0.3) is 0 Å². The molecular formula is C18H25N3O2S. The highest BCUT2D eigenvalue weighted by Gasteiger charge is 2.30. The Kier molecular flexibility index (Phi) is 6.04. The topological polar surface area (TPSA) is 54.5 Å². The molecule has 0 aliphatic carbocycles. The van der Waals surface area contributed by atoms with Crippen LogP contribution in [-0.4, -0.2) is 42.2 Å². The molecule has 3 rings (SSSR count). The Hall–Kier alpha value is -1.66. The van der Waals surface area contributed by atoms with Crippen molar-refractivity contribution in [3.05, 3.63) is 29.3 Å². The molecule has 24 heavy (non-hydrogen) atoms. The molecule has 1 N–H and O–H groups in total. The lowest BCUT2D eigenvalue weighted by molar-refractivity contribution is 0.138. The molecule has 1 aromatic carbocycles. The molecule has 1 unspecified atom stereocenters. The van der Waals surface area contributed by atoms with Crippen LogP contribution in [0.3, 0.4) is 0 Å². The number of nitrogens with zero attached hydrogens (tertiary/aromatic N) is 2. The van der Waals surface area contributed by atoms with E-state index in [1.807, 2.05) is 30.0 Å². The molecule has 0 saturated carbocycles. The van der Waals surface area contributed by atoms with E-state index in [1.165, 1.54) is 4.70 Å². The van der Waals surface area contributed by atoms with E-state index in [0.29, 0.717) is 13.2 Å². The molecule has 0 spiro atoms.